The first-order valence-corrected chi connectivity index (χ1v) is 10.5. The van der Waals surface area contributed by atoms with Crippen LogP contribution in [0.2, 0.25) is 0 Å². The molecule has 2 rings (SSSR count). The van der Waals surface area contributed by atoms with Gasteiger partial charge in [0.25, 0.3) is 0 Å². The van der Waals surface area contributed by atoms with Crippen LogP contribution >= 0.6 is 47.1 Å². The van der Waals surface area contributed by atoms with Crippen LogP contribution < -0.4 is 5.32 Å². The Balaban J connectivity index is 0.00000338. The summed E-state index contributed by atoms with van der Waals surface area (Å²) in [5.41, 5.74) is 1.07. The Labute approximate surface area is 181 Å². The zero-order valence-electron chi connectivity index (χ0n) is 16.0. The summed E-state index contributed by atoms with van der Waals surface area (Å²) in [5, 5.41) is 14.9. The standard InChI is InChI=1S/C16H27N7S2.HI/c1-12-20-21-15(23(12)4)9-18-16(17-7-6-8-24-5)22(3)10-14-11-25-13(2)19-14;/h11H,6-10H2,1-5H3,(H,17,18);1H. The van der Waals surface area contributed by atoms with Gasteiger partial charge in [-0.3, -0.25) is 0 Å². The van der Waals surface area contributed by atoms with Crippen molar-refractivity contribution in [2.75, 3.05) is 25.6 Å². The first-order valence-electron chi connectivity index (χ1n) is 8.25. The molecule has 0 saturated heterocycles. The third-order valence-electron chi connectivity index (χ3n) is 3.79. The number of hydrogen-bond donors (Lipinski definition) is 1. The Morgan fingerprint density at radius 2 is 2.15 bits per heavy atom. The number of aliphatic imine (C=N–C) groups is 1. The fourth-order valence-corrected chi connectivity index (χ4v) is 3.30. The summed E-state index contributed by atoms with van der Waals surface area (Å²) in [6, 6.07) is 0. The van der Waals surface area contributed by atoms with Crippen molar-refractivity contribution in [3.05, 3.63) is 27.7 Å². The Morgan fingerprint density at radius 3 is 2.73 bits per heavy atom. The van der Waals surface area contributed by atoms with Gasteiger partial charge in [-0.05, 0) is 32.3 Å². The average Bonchev–Trinajstić information content (AvgIpc) is 3.13. The minimum atomic E-state index is 0. The fraction of sp³-hybridized carbons (Fsp3) is 0.625. The lowest BCUT2D eigenvalue weighted by atomic mass is 10.4. The van der Waals surface area contributed by atoms with Crippen LogP contribution in [0.3, 0.4) is 0 Å². The van der Waals surface area contributed by atoms with E-state index in [-0.39, 0.29) is 24.0 Å². The predicted molar refractivity (Wildman–Crippen MR) is 122 cm³/mol. The quantitative estimate of drug-likeness (QED) is 0.256. The highest BCUT2D eigenvalue weighted by Crippen LogP contribution is 2.10. The lowest BCUT2D eigenvalue weighted by Crippen LogP contribution is -2.39. The normalized spacial score (nSPS) is 11.3. The lowest BCUT2D eigenvalue weighted by molar-refractivity contribution is 0.468. The minimum absolute atomic E-state index is 0. The van der Waals surface area contributed by atoms with Gasteiger partial charge in [-0.2, -0.15) is 11.8 Å². The number of aromatic nitrogens is 4. The maximum Gasteiger partial charge on any atom is 0.194 e. The second-order valence-corrected chi connectivity index (χ2v) is 7.90. The van der Waals surface area contributed by atoms with Crippen molar-refractivity contribution >= 4 is 53.0 Å². The maximum absolute atomic E-state index is 4.75. The van der Waals surface area contributed by atoms with Crippen LogP contribution in [0, 0.1) is 13.8 Å². The molecule has 26 heavy (non-hydrogen) atoms. The fourth-order valence-electron chi connectivity index (χ4n) is 2.26. The van der Waals surface area contributed by atoms with E-state index in [0.29, 0.717) is 6.54 Å². The summed E-state index contributed by atoms with van der Waals surface area (Å²) in [6.07, 6.45) is 3.23. The summed E-state index contributed by atoms with van der Waals surface area (Å²) >= 11 is 3.53. The zero-order chi connectivity index (χ0) is 18.2. The molecule has 2 aromatic heterocycles. The Hall–Kier alpha value is -0.880. The summed E-state index contributed by atoms with van der Waals surface area (Å²) in [7, 11) is 4.00. The highest BCUT2D eigenvalue weighted by molar-refractivity contribution is 14.0. The molecule has 0 unspecified atom stereocenters. The van der Waals surface area contributed by atoms with Crippen LogP contribution in [0.4, 0.5) is 0 Å². The second kappa shape index (κ2) is 11.8. The van der Waals surface area contributed by atoms with Crippen molar-refractivity contribution in [1.82, 2.24) is 30.0 Å². The van der Waals surface area contributed by atoms with Gasteiger partial charge in [0.2, 0.25) is 0 Å². The van der Waals surface area contributed by atoms with Gasteiger partial charge >= 0.3 is 0 Å². The summed E-state index contributed by atoms with van der Waals surface area (Å²) in [5.74, 6) is 3.76. The van der Waals surface area contributed by atoms with E-state index in [4.69, 9.17) is 4.99 Å². The molecule has 0 bridgehead atoms. The summed E-state index contributed by atoms with van der Waals surface area (Å²) < 4.78 is 1.97. The van der Waals surface area contributed by atoms with Gasteiger partial charge in [0.1, 0.15) is 12.4 Å². The van der Waals surface area contributed by atoms with Gasteiger partial charge in [0.05, 0.1) is 17.2 Å². The number of thioether (sulfide) groups is 1. The van der Waals surface area contributed by atoms with Gasteiger partial charge in [0.15, 0.2) is 11.8 Å². The van der Waals surface area contributed by atoms with Crippen molar-refractivity contribution in [2.45, 2.75) is 33.4 Å². The molecule has 0 radical (unpaired) electrons. The lowest BCUT2D eigenvalue weighted by Gasteiger charge is -2.21. The molecule has 2 aromatic rings. The Kier molecular flexibility index (Phi) is 10.5. The van der Waals surface area contributed by atoms with Gasteiger partial charge in [0, 0.05) is 26.0 Å². The van der Waals surface area contributed by atoms with Crippen molar-refractivity contribution in [3.8, 4) is 0 Å². The number of aryl methyl sites for hydroxylation is 2. The molecule has 0 fully saturated rings. The molecule has 0 saturated carbocycles. The van der Waals surface area contributed by atoms with Gasteiger partial charge in [-0.15, -0.1) is 45.5 Å². The largest absolute Gasteiger partial charge is 0.356 e. The van der Waals surface area contributed by atoms with Crippen molar-refractivity contribution < 1.29 is 0 Å². The van der Waals surface area contributed by atoms with E-state index in [0.717, 1.165) is 53.6 Å². The second-order valence-electron chi connectivity index (χ2n) is 5.85. The van der Waals surface area contributed by atoms with Crippen LogP contribution in [-0.4, -0.2) is 56.2 Å². The van der Waals surface area contributed by atoms with E-state index in [9.17, 15) is 0 Å². The molecule has 146 valence electrons. The van der Waals surface area contributed by atoms with Crippen LogP contribution in [0.1, 0.15) is 28.8 Å². The number of guanidine groups is 1. The predicted octanol–water partition coefficient (Wildman–Crippen LogP) is 2.84. The third kappa shape index (κ3) is 7.03. The smallest absolute Gasteiger partial charge is 0.194 e. The molecule has 2 heterocycles. The third-order valence-corrected chi connectivity index (χ3v) is 5.31. The molecule has 0 aliphatic rings. The topological polar surface area (TPSA) is 71.2 Å². The monoisotopic (exact) mass is 509 g/mol. The molecule has 0 aliphatic carbocycles. The van der Waals surface area contributed by atoms with E-state index >= 15 is 0 Å². The molecule has 1 N–H and O–H groups in total. The summed E-state index contributed by atoms with van der Waals surface area (Å²) in [6.45, 7) is 6.11. The van der Waals surface area contributed by atoms with E-state index in [1.807, 2.05) is 44.3 Å². The molecule has 0 atom stereocenters. The number of nitrogens with one attached hydrogen (secondary N) is 1. The van der Waals surface area contributed by atoms with E-state index < -0.39 is 0 Å². The average molecular weight is 509 g/mol. The Bertz CT molecular complexity index is 699. The SMILES string of the molecule is CSCCCNC(=NCc1nnc(C)n1C)N(C)Cc1csc(C)n1.I. The van der Waals surface area contributed by atoms with Crippen LogP contribution in [-0.2, 0) is 20.1 Å². The zero-order valence-corrected chi connectivity index (χ0v) is 20.0. The van der Waals surface area contributed by atoms with Crippen LogP contribution in [0.15, 0.2) is 10.4 Å². The molecule has 0 amide bonds. The Morgan fingerprint density at radius 1 is 1.38 bits per heavy atom. The molecular formula is C16H28IN7S2. The van der Waals surface area contributed by atoms with E-state index in [1.165, 1.54) is 0 Å². The summed E-state index contributed by atoms with van der Waals surface area (Å²) in [4.78, 5) is 11.4. The number of hydrogen-bond acceptors (Lipinski definition) is 6. The molecule has 10 heteroatoms. The first-order chi connectivity index (χ1) is 12.0. The number of nitrogens with zero attached hydrogens (tertiary/aromatic N) is 6. The van der Waals surface area contributed by atoms with Crippen molar-refractivity contribution in [2.24, 2.45) is 12.0 Å². The number of halogens is 1. The number of thiazole rings is 1. The van der Waals surface area contributed by atoms with E-state index in [1.54, 1.807) is 11.3 Å². The van der Waals surface area contributed by atoms with Gasteiger partial charge in [-0.1, -0.05) is 0 Å². The van der Waals surface area contributed by atoms with Crippen molar-refractivity contribution in [3.63, 3.8) is 0 Å². The molecular weight excluding hydrogens is 481 g/mol. The first kappa shape index (κ1) is 23.2. The van der Waals surface area contributed by atoms with Gasteiger partial charge in [-0.25, -0.2) is 9.98 Å². The van der Waals surface area contributed by atoms with Gasteiger partial charge < -0.3 is 14.8 Å². The molecule has 0 aliphatic heterocycles. The number of rotatable bonds is 8. The highest BCUT2D eigenvalue weighted by Gasteiger charge is 2.10. The molecule has 7 nitrogen and oxygen atoms in total. The van der Waals surface area contributed by atoms with Crippen molar-refractivity contribution in [1.29, 1.82) is 0 Å². The molecule has 0 spiro atoms. The maximum atomic E-state index is 4.75. The molecule has 0 aromatic carbocycles. The highest BCUT2D eigenvalue weighted by atomic mass is 127. The van der Waals surface area contributed by atoms with E-state index in [2.05, 4.69) is 37.0 Å². The minimum Gasteiger partial charge on any atom is -0.356 e. The van der Waals surface area contributed by atoms with Crippen LogP contribution in [0.25, 0.3) is 0 Å². The van der Waals surface area contributed by atoms with Crippen LogP contribution in [0.5, 0.6) is 0 Å².